The molecule has 0 bridgehead atoms. The molecule has 1 aliphatic heterocycles. The number of aliphatic hydroxyl groups is 1. The highest BCUT2D eigenvalue weighted by Gasteiger charge is 2.73. The molecule has 1 unspecified atom stereocenters. The minimum atomic E-state index is -5.36. The summed E-state index contributed by atoms with van der Waals surface area (Å²) in [7, 11) is -2.32. The highest BCUT2D eigenvalue weighted by atomic mass is 28.4. The van der Waals surface area contributed by atoms with E-state index in [1.54, 1.807) is 30.3 Å². The van der Waals surface area contributed by atoms with Gasteiger partial charge in [0.2, 0.25) is 6.29 Å². The minimum absolute atomic E-state index is 0.193. The maximum absolute atomic E-state index is 15.0. The van der Waals surface area contributed by atoms with Crippen molar-refractivity contribution in [2.75, 3.05) is 6.61 Å². The van der Waals surface area contributed by atoms with Crippen LogP contribution >= 0.6 is 0 Å². The normalized spacial score (nSPS) is 29.3. The van der Waals surface area contributed by atoms with Crippen LogP contribution in [-0.4, -0.2) is 50.4 Å². The van der Waals surface area contributed by atoms with E-state index in [1.165, 1.54) is 0 Å². The van der Waals surface area contributed by atoms with Crippen LogP contribution in [0.4, 0.5) is 17.6 Å². The van der Waals surface area contributed by atoms with Gasteiger partial charge in [-0.15, -0.1) is 0 Å². The lowest BCUT2D eigenvalue weighted by Gasteiger charge is -2.37. The Labute approximate surface area is 163 Å². The van der Waals surface area contributed by atoms with Gasteiger partial charge in [-0.1, -0.05) is 51.1 Å². The second kappa shape index (κ2) is 8.02. The molecule has 160 valence electrons. The summed E-state index contributed by atoms with van der Waals surface area (Å²) in [5, 5.41) is 9.58. The highest BCUT2D eigenvalue weighted by molar-refractivity contribution is 6.74. The Morgan fingerprint density at radius 1 is 1.14 bits per heavy atom. The second-order valence-electron chi connectivity index (χ2n) is 8.58. The van der Waals surface area contributed by atoms with E-state index in [9.17, 15) is 18.3 Å². The van der Waals surface area contributed by atoms with E-state index in [4.69, 9.17) is 13.9 Å². The molecule has 0 aliphatic carbocycles. The Balaban J connectivity index is 2.22. The summed E-state index contributed by atoms with van der Waals surface area (Å²) >= 11 is 0. The van der Waals surface area contributed by atoms with Crippen LogP contribution in [0.5, 0.6) is 0 Å². The van der Waals surface area contributed by atoms with Crippen LogP contribution in [0.2, 0.25) is 18.1 Å². The fraction of sp³-hybridized carbons (Fsp3) is 0.684. The summed E-state index contributed by atoms with van der Waals surface area (Å²) in [4.78, 5) is 0. The molecule has 1 aromatic carbocycles. The van der Waals surface area contributed by atoms with Crippen molar-refractivity contribution in [2.24, 2.45) is 0 Å². The van der Waals surface area contributed by atoms with Crippen LogP contribution in [0, 0.1) is 0 Å². The predicted octanol–water partition coefficient (Wildman–Crippen LogP) is 4.58. The molecule has 1 N–H and O–H groups in total. The van der Waals surface area contributed by atoms with Gasteiger partial charge in [0.15, 0.2) is 8.32 Å². The van der Waals surface area contributed by atoms with Gasteiger partial charge in [0.1, 0.15) is 12.2 Å². The van der Waals surface area contributed by atoms with Crippen LogP contribution < -0.4 is 0 Å². The number of hydrogen-bond donors (Lipinski definition) is 1. The van der Waals surface area contributed by atoms with E-state index in [0.717, 1.165) is 0 Å². The van der Waals surface area contributed by atoms with Gasteiger partial charge in [-0.2, -0.15) is 13.2 Å². The van der Waals surface area contributed by atoms with Crippen LogP contribution in [0.15, 0.2) is 30.3 Å². The molecular weight excluding hydrogens is 396 g/mol. The zero-order valence-corrected chi connectivity index (χ0v) is 17.7. The van der Waals surface area contributed by atoms with Gasteiger partial charge in [-0.25, -0.2) is 4.39 Å². The van der Waals surface area contributed by atoms with Crippen molar-refractivity contribution in [1.29, 1.82) is 0 Å². The van der Waals surface area contributed by atoms with Gasteiger partial charge in [0.25, 0.3) is 5.67 Å². The summed E-state index contributed by atoms with van der Waals surface area (Å²) in [5.74, 6) is 0. The topological polar surface area (TPSA) is 47.9 Å². The highest BCUT2D eigenvalue weighted by Crippen LogP contribution is 2.48. The number of rotatable bonds is 6. The van der Waals surface area contributed by atoms with Crippen molar-refractivity contribution in [1.82, 2.24) is 0 Å². The average molecular weight is 425 g/mol. The molecule has 28 heavy (non-hydrogen) atoms. The smallest absolute Gasteiger partial charge is 0.414 e. The molecule has 0 amide bonds. The fourth-order valence-corrected chi connectivity index (χ4v) is 3.68. The monoisotopic (exact) mass is 424 g/mol. The molecule has 0 saturated carbocycles. The fourth-order valence-electron chi connectivity index (χ4n) is 2.67. The lowest BCUT2D eigenvalue weighted by atomic mass is 9.96. The van der Waals surface area contributed by atoms with E-state index in [-0.39, 0.29) is 18.3 Å². The van der Waals surface area contributed by atoms with Crippen molar-refractivity contribution in [2.45, 2.75) is 75.9 Å². The molecule has 0 aromatic heterocycles. The Morgan fingerprint density at radius 3 is 2.21 bits per heavy atom. The summed E-state index contributed by atoms with van der Waals surface area (Å²) in [6.07, 6.45) is -11.5. The number of alkyl halides is 4. The van der Waals surface area contributed by atoms with E-state index in [1.807, 2.05) is 33.9 Å². The zero-order chi connectivity index (χ0) is 21.4. The number of aliphatic hydroxyl groups excluding tert-OH is 1. The first-order chi connectivity index (χ1) is 12.7. The molecule has 0 spiro atoms. The van der Waals surface area contributed by atoms with E-state index < -0.39 is 38.7 Å². The van der Waals surface area contributed by atoms with Gasteiger partial charge in [-0.05, 0) is 23.7 Å². The summed E-state index contributed by atoms with van der Waals surface area (Å²) in [5.41, 5.74) is -3.46. The number of hydrogen-bond acceptors (Lipinski definition) is 4. The standard InChI is InChI=1S/C19H28F4O4Si/c1-17(2,3)28(4,5)26-12-14-15(25-11-13-9-7-6-8-10-13)18(20,16(24)27-14)19(21,22)23/h6-10,14-16,24H,11-12H2,1-5H3/t14-,15-,16?,18+/m1/s1. The molecule has 1 aliphatic rings. The lowest BCUT2D eigenvalue weighted by molar-refractivity contribution is -0.297. The third-order valence-electron chi connectivity index (χ3n) is 5.54. The molecule has 4 nitrogen and oxygen atoms in total. The largest absolute Gasteiger partial charge is 0.430 e. The Hall–Kier alpha value is -1.00. The Bertz CT molecular complexity index is 648. The molecule has 2 rings (SSSR count). The van der Waals surface area contributed by atoms with Gasteiger partial charge >= 0.3 is 6.18 Å². The molecule has 4 atom stereocenters. The third kappa shape index (κ3) is 4.59. The van der Waals surface area contributed by atoms with Gasteiger partial charge in [-0.3, -0.25) is 0 Å². The molecule has 0 radical (unpaired) electrons. The predicted molar refractivity (Wildman–Crippen MR) is 98.9 cm³/mol. The first-order valence-corrected chi connectivity index (χ1v) is 12.0. The lowest BCUT2D eigenvalue weighted by Crippen LogP contribution is -2.57. The molecule has 9 heteroatoms. The summed E-state index contributed by atoms with van der Waals surface area (Å²) < 4.78 is 71.6. The summed E-state index contributed by atoms with van der Waals surface area (Å²) in [6.45, 7) is 9.22. The number of halogens is 4. The van der Waals surface area contributed by atoms with E-state index in [2.05, 4.69) is 0 Å². The van der Waals surface area contributed by atoms with Crippen LogP contribution in [-0.2, 0) is 20.5 Å². The van der Waals surface area contributed by atoms with Crippen LogP contribution in [0.25, 0.3) is 0 Å². The maximum atomic E-state index is 15.0. The van der Waals surface area contributed by atoms with Gasteiger partial charge in [0.05, 0.1) is 13.2 Å². The SMILES string of the molecule is CC(C)(C)[Si](C)(C)OC[C@H]1OC(O)[C@](F)(C(F)(F)F)[C@@H]1OCc1ccccc1. The van der Waals surface area contributed by atoms with Crippen LogP contribution in [0.1, 0.15) is 26.3 Å². The average Bonchev–Trinajstić information content (AvgIpc) is 2.82. The maximum Gasteiger partial charge on any atom is 0.430 e. The van der Waals surface area contributed by atoms with Gasteiger partial charge in [0, 0.05) is 0 Å². The quantitative estimate of drug-likeness (QED) is 0.536. The van der Waals surface area contributed by atoms with Crippen molar-refractivity contribution in [3.63, 3.8) is 0 Å². The molecular formula is C19H28F4O4Si. The third-order valence-corrected chi connectivity index (χ3v) is 10.0. The van der Waals surface area contributed by atoms with Crippen LogP contribution in [0.3, 0.4) is 0 Å². The Kier molecular flexibility index (Phi) is 6.67. The minimum Gasteiger partial charge on any atom is -0.414 e. The number of benzene rings is 1. The van der Waals surface area contributed by atoms with E-state index in [0.29, 0.717) is 5.56 Å². The first-order valence-electron chi connectivity index (χ1n) is 9.09. The van der Waals surface area contributed by atoms with Crippen molar-refractivity contribution in [3.8, 4) is 0 Å². The van der Waals surface area contributed by atoms with Gasteiger partial charge < -0.3 is 19.0 Å². The zero-order valence-electron chi connectivity index (χ0n) is 16.7. The molecule has 1 aromatic rings. The second-order valence-corrected chi connectivity index (χ2v) is 13.4. The van der Waals surface area contributed by atoms with E-state index >= 15 is 4.39 Å². The molecule has 1 saturated heterocycles. The Morgan fingerprint density at radius 2 is 1.71 bits per heavy atom. The summed E-state index contributed by atoms with van der Waals surface area (Å²) in [6, 6.07) is 8.45. The molecule has 1 fully saturated rings. The number of ether oxygens (including phenoxy) is 2. The van der Waals surface area contributed by atoms with Crippen molar-refractivity contribution < 1.29 is 36.6 Å². The van der Waals surface area contributed by atoms with Crippen molar-refractivity contribution in [3.05, 3.63) is 35.9 Å². The van der Waals surface area contributed by atoms with Crippen molar-refractivity contribution >= 4 is 8.32 Å². The molecule has 1 heterocycles. The first kappa shape index (κ1) is 23.3.